The average molecular weight is 556 g/mol. The Balaban J connectivity index is 2.06. The lowest BCUT2D eigenvalue weighted by Crippen LogP contribution is -2.51. The number of carbonyl (C=O) groups is 2. The summed E-state index contributed by atoms with van der Waals surface area (Å²) in [5.74, 6) is -0.821. The lowest BCUT2D eigenvalue weighted by atomic mass is 10.1. The van der Waals surface area contributed by atoms with Crippen LogP contribution in [0.25, 0.3) is 0 Å². The largest absolute Gasteiger partial charge is 0.355 e. The second-order valence-electron chi connectivity index (χ2n) is 9.33. The lowest BCUT2D eigenvalue weighted by molar-refractivity contribution is -0.139. The number of sulfonamides is 1. The molecule has 1 atom stereocenters. The second-order valence-corrected chi connectivity index (χ2v) is 11.6. The Morgan fingerprint density at radius 3 is 2.05 bits per heavy atom. The molecule has 9 heteroatoms. The number of carbonyl (C=O) groups excluding carboxylic acids is 2. The van der Waals surface area contributed by atoms with Crippen LogP contribution in [-0.4, -0.2) is 44.3 Å². The zero-order valence-corrected chi connectivity index (χ0v) is 23.9. The second kappa shape index (κ2) is 12.5. The molecular formula is C29H34ClN3O4S. The molecule has 0 heterocycles. The number of aryl methyl sites for hydroxylation is 3. The van der Waals surface area contributed by atoms with Gasteiger partial charge in [-0.05, 0) is 76.1 Å². The monoisotopic (exact) mass is 555 g/mol. The maximum Gasteiger partial charge on any atom is 0.264 e. The van der Waals surface area contributed by atoms with E-state index in [2.05, 4.69) is 5.32 Å². The molecule has 202 valence electrons. The van der Waals surface area contributed by atoms with E-state index in [4.69, 9.17) is 11.6 Å². The zero-order valence-electron chi connectivity index (χ0n) is 22.4. The SMILES string of the molecule is CCNC(=O)[C@H](C)N(Cc1ccc(C)cc1)C(=O)CN(c1ccc(Cl)cc1C)S(=O)(=O)c1ccc(C)cc1. The van der Waals surface area contributed by atoms with E-state index in [0.29, 0.717) is 22.8 Å². The Labute approximate surface area is 230 Å². The first kappa shape index (κ1) is 29.2. The Morgan fingerprint density at radius 1 is 0.921 bits per heavy atom. The molecule has 0 fully saturated rings. The summed E-state index contributed by atoms with van der Waals surface area (Å²) in [6.07, 6.45) is 0. The molecule has 0 spiro atoms. The summed E-state index contributed by atoms with van der Waals surface area (Å²) in [7, 11) is -4.13. The highest BCUT2D eigenvalue weighted by molar-refractivity contribution is 7.92. The van der Waals surface area contributed by atoms with Crippen LogP contribution in [0.1, 0.15) is 36.1 Å². The minimum Gasteiger partial charge on any atom is -0.355 e. The molecule has 0 radical (unpaired) electrons. The molecule has 0 bridgehead atoms. The summed E-state index contributed by atoms with van der Waals surface area (Å²) in [5.41, 5.74) is 3.74. The molecule has 0 saturated carbocycles. The topological polar surface area (TPSA) is 86.8 Å². The molecule has 0 unspecified atom stereocenters. The van der Waals surface area contributed by atoms with Crippen molar-refractivity contribution in [3.05, 3.63) is 94.0 Å². The summed E-state index contributed by atoms with van der Waals surface area (Å²) in [6.45, 7) is 9.08. The minimum absolute atomic E-state index is 0.0621. The first-order chi connectivity index (χ1) is 17.9. The minimum atomic E-state index is -4.13. The van der Waals surface area contributed by atoms with Gasteiger partial charge in [0.15, 0.2) is 0 Å². The van der Waals surface area contributed by atoms with Gasteiger partial charge in [-0.25, -0.2) is 8.42 Å². The number of hydrogen-bond donors (Lipinski definition) is 1. The fraction of sp³-hybridized carbons (Fsp3) is 0.310. The molecule has 3 rings (SSSR count). The van der Waals surface area contributed by atoms with Gasteiger partial charge in [-0.3, -0.25) is 13.9 Å². The van der Waals surface area contributed by atoms with Crippen molar-refractivity contribution in [3.63, 3.8) is 0 Å². The molecule has 38 heavy (non-hydrogen) atoms. The van der Waals surface area contributed by atoms with Gasteiger partial charge in [0.25, 0.3) is 10.0 Å². The number of benzene rings is 3. The Morgan fingerprint density at radius 2 is 1.50 bits per heavy atom. The summed E-state index contributed by atoms with van der Waals surface area (Å²) < 4.78 is 28.9. The van der Waals surface area contributed by atoms with Crippen LogP contribution in [0, 0.1) is 20.8 Å². The van der Waals surface area contributed by atoms with Crippen molar-refractivity contribution in [2.45, 2.75) is 52.1 Å². The van der Waals surface area contributed by atoms with Gasteiger partial charge in [0, 0.05) is 18.1 Å². The molecule has 0 aromatic heterocycles. The van der Waals surface area contributed by atoms with Crippen LogP contribution in [0.5, 0.6) is 0 Å². The molecule has 7 nitrogen and oxygen atoms in total. The van der Waals surface area contributed by atoms with E-state index >= 15 is 0 Å². The van der Waals surface area contributed by atoms with E-state index in [1.165, 1.54) is 17.0 Å². The third-order valence-electron chi connectivity index (χ3n) is 6.31. The predicted octanol–water partition coefficient (Wildman–Crippen LogP) is 5.01. The van der Waals surface area contributed by atoms with Crippen LogP contribution in [0.4, 0.5) is 5.69 Å². The third-order valence-corrected chi connectivity index (χ3v) is 8.32. The third kappa shape index (κ3) is 6.94. The normalized spacial score (nSPS) is 12.1. The summed E-state index contributed by atoms with van der Waals surface area (Å²) >= 11 is 6.15. The fourth-order valence-electron chi connectivity index (χ4n) is 4.04. The van der Waals surface area contributed by atoms with Crippen molar-refractivity contribution in [2.75, 3.05) is 17.4 Å². The van der Waals surface area contributed by atoms with E-state index < -0.39 is 28.5 Å². The van der Waals surface area contributed by atoms with Crippen molar-refractivity contribution in [1.29, 1.82) is 0 Å². The van der Waals surface area contributed by atoms with Gasteiger partial charge in [-0.15, -0.1) is 0 Å². The maximum absolute atomic E-state index is 13.9. The van der Waals surface area contributed by atoms with E-state index in [0.717, 1.165) is 21.0 Å². The van der Waals surface area contributed by atoms with Crippen LogP contribution in [0.15, 0.2) is 71.6 Å². The molecular weight excluding hydrogens is 522 g/mol. The maximum atomic E-state index is 13.9. The molecule has 0 aliphatic carbocycles. The molecule has 0 aliphatic rings. The van der Waals surface area contributed by atoms with Crippen molar-refractivity contribution in [3.8, 4) is 0 Å². The van der Waals surface area contributed by atoms with Gasteiger partial charge >= 0.3 is 0 Å². The van der Waals surface area contributed by atoms with Crippen molar-refractivity contribution in [2.24, 2.45) is 0 Å². The lowest BCUT2D eigenvalue weighted by Gasteiger charge is -2.32. The van der Waals surface area contributed by atoms with Gasteiger partial charge in [0.2, 0.25) is 11.8 Å². The van der Waals surface area contributed by atoms with Gasteiger partial charge in [-0.2, -0.15) is 0 Å². The Bertz CT molecular complexity index is 1390. The van der Waals surface area contributed by atoms with Crippen LogP contribution < -0.4 is 9.62 Å². The van der Waals surface area contributed by atoms with E-state index in [1.54, 1.807) is 51.1 Å². The highest BCUT2D eigenvalue weighted by Gasteiger charge is 2.33. The molecule has 2 amide bonds. The van der Waals surface area contributed by atoms with E-state index in [1.807, 2.05) is 38.1 Å². The van der Waals surface area contributed by atoms with Crippen LogP contribution in [0.2, 0.25) is 5.02 Å². The van der Waals surface area contributed by atoms with Crippen LogP contribution >= 0.6 is 11.6 Å². The van der Waals surface area contributed by atoms with Gasteiger partial charge in [-0.1, -0.05) is 59.1 Å². The fourth-order valence-corrected chi connectivity index (χ4v) is 5.75. The van der Waals surface area contributed by atoms with Crippen LogP contribution in [-0.2, 0) is 26.2 Å². The highest BCUT2D eigenvalue weighted by atomic mass is 35.5. The number of hydrogen-bond acceptors (Lipinski definition) is 4. The summed E-state index contributed by atoms with van der Waals surface area (Å²) in [4.78, 5) is 28.1. The Hall–Kier alpha value is -3.36. The predicted molar refractivity (Wildman–Crippen MR) is 152 cm³/mol. The number of amides is 2. The first-order valence-electron chi connectivity index (χ1n) is 12.4. The van der Waals surface area contributed by atoms with Crippen LogP contribution in [0.3, 0.4) is 0 Å². The van der Waals surface area contributed by atoms with E-state index in [-0.39, 0.29) is 17.3 Å². The number of nitrogens with zero attached hydrogens (tertiary/aromatic N) is 2. The summed E-state index contributed by atoms with van der Waals surface area (Å²) in [5, 5.41) is 3.21. The first-order valence-corrected chi connectivity index (χ1v) is 14.2. The number of likely N-dealkylation sites (N-methyl/N-ethyl adjacent to an activating group) is 1. The van der Waals surface area contributed by atoms with Crippen molar-refractivity contribution < 1.29 is 18.0 Å². The summed E-state index contributed by atoms with van der Waals surface area (Å²) in [6, 6.07) is 18.1. The number of anilines is 1. The van der Waals surface area contributed by atoms with Gasteiger partial charge < -0.3 is 10.2 Å². The van der Waals surface area contributed by atoms with Gasteiger partial charge in [0.05, 0.1) is 10.6 Å². The zero-order chi connectivity index (χ0) is 28.0. The van der Waals surface area contributed by atoms with Gasteiger partial charge in [0.1, 0.15) is 12.6 Å². The molecule has 3 aromatic carbocycles. The number of halogens is 1. The Kier molecular flexibility index (Phi) is 9.57. The molecule has 1 N–H and O–H groups in total. The number of nitrogens with one attached hydrogen (secondary N) is 1. The number of rotatable bonds is 10. The average Bonchev–Trinajstić information content (AvgIpc) is 2.87. The van der Waals surface area contributed by atoms with Crippen molar-refractivity contribution >= 4 is 39.1 Å². The smallest absolute Gasteiger partial charge is 0.264 e. The highest BCUT2D eigenvalue weighted by Crippen LogP contribution is 2.29. The molecule has 3 aromatic rings. The van der Waals surface area contributed by atoms with Crippen molar-refractivity contribution in [1.82, 2.24) is 10.2 Å². The quantitative estimate of drug-likeness (QED) is 0.381. The van der Waals surface area contributed by atoms with E-state index in [9.17, 15) is 18.0 Å². The molecule has 0 aliphatic heterocycles. The standard InChI is InChI=1S/C29H34ClN3O4S/c1-6-31-29(35)23(5)32(18-24-11-7-20(2)8-12-24)28(34)19-33(27-16-13-25(30)17-22(27)4)38(36,37)26-14-9-21(3)10-15-26/h7-17,23H,6,18-19H2,1-5H3,(H,31,35)/t23-/m0/s1. The molecule has 0 saturated heterocycles.